The number of carbonyl (C=O) groups is 1. The van der Waals surface area contributed by atoms with Crippen LogP contribution in [-0.4, -0.2) is 18.0 Å². The molecule has 1 amide bonds. The number of carbonyl (C=O) groups excluding carboxylic acids is 1. The van der Waals surface area contributed by atoms with Crippen LogP contribution < -0.4 is 10.1 Å². The first kappa shape index (κ1) is 15.1. The van der Waals surface area contributed by atoms with E-state index in [1.54, 1.807) is 31.7 Å². The lowest BCUT2D eigenvalue weighted by atomic mass is 10.0. The first-order valence-corrected chi connectivity index (χ1v) is 7.34. The Morgan fingerprint density at radius 1 is 1.26 bits per heavy atom. The Labute approximate surface area is 134 Å². The summed E-state index contributed by atoms with van der Waals surface area (Å²) >= 11 is 0. The summed E-state index contributed by atoms with van der Waals surface area (Å²) in [5.74, 6) is 0.396. The molecule has 5 heteroatoms. The van der Waals surface area contributed by atoms with Gasteiger partial charge in [0.15, 0.2) is 0 Å². The van der Waals surface area contributed by atoms with E-state index >= 15 is 0 Å². The molecule has 118 valence electrons. The van der Waals surface area contributed by atoms with Gasteiger partial charge in [0.2, 0.25) is 11.8 Å². The van der Waals surface area contributed by atoms with Gasteiger partial charge in [-0.1, -0.05) is 12.1 Å². The van der Waals surface area contributed by atoms with Crippen LogP contribution in [0.4, 0.5) is 5.69 Å². The summed E-state index contributed by atoms with van der Waals surface area (Å²) in [5.41, 5.74) is 4.64. The molecule has 0 radical (unpaired) electrons. The van der Waals surface area contributed by atoms with E-state index in [-0.39, 0.29) is 12.3 Å². The molecule has 5 nitrogen and oxygen atoms in total. The third-order valence-corrected chi connectivity index (χ3v) is 3.92. The average Bonchev–Trinajstić information content (AvgIpc) is 2.95. The average molecular weight is 310 g/mol. The Morgan fingerprint density at radius 2 is 2.09 bits per heavy atom. The molecule has 0 unspecified atom stereocenters. The van der Waals surface area contributed by atoms with E-state index in [2.05, 4.69) is 10.3 Å². The van der Waals surface area contributed by atoms with Crippen molar-refractivity contribution in [3.05, 3.63) is 53.4 Å². The van der Waals surface area contributed by atoms with Crippen LogP contribution >= 0.6 is 0 Å². The zero-order valence-corrected chi connectivity index (χ0v) is 13.3. The molecule has 2 aromatic heterocycles. The number of ether oxygens (including phenoxy) is 1. The Hall–Kier alpha value is -2.82. The van der Waals surface area contributed by atoms with Crippen LogP contribution in [0.3, 0.4) is 0 Å². The minimum Gasteiger partial charge on any atom is -0.481 e. The number of aryl methyl sites for hydroxylation is 2. The Morgan fingerprint density at radius 3 is 2.78 bits per heavy atom. The molecule has 3 rings (SSSR count). The SMILES string of the molecule is COc1ccc(NC(=O)Cc2coc3c(C)c(C)ccc23)cn1. The van der Waals surface area contributed by atoms with Crippen molar-refractivity contribution in [2.45, 2.75) is 20.3 Å². The van der Waals surface area contributed by atoms with Crippen LogP contribution in [0.2, 0.25) is 0 Å². The molecule has 2 heterocycles. The fourth-order valence-electron chi connectivity index (χ4n) is 2.48. The van der Waals surface area contributed by atoms with E-state index < -0.39 is 0 Å². The number of anilines is 1. The molecule has 0 atom stereocenters. The summed E-state index contributed by atoms with van der Waals surface area (Å²) < 4.78 is 10.6. The van der Waals surface area contributed by atoms with E-state index in [1.807, 2.05) is 26.0 Å². The molecule has 0 aliphatic heterocycles. The van der Waals surface area contributed by atoms with Gasteiger partial charge in [0.1, 0.15) is 5.58 Å². The second-order valence-electron chi connectivity index (χ2n) is 5.46. The molecule has 0 saturated carbocycles. The van der Waals surface area contributed by atoms with Crippen molar-refractivity contribution in [3.63, 3.8) is 0 Å². The highest BCUT2D eigenvalue weighted by atomic mass is 16.5. The molecule has 23 heavy (non-hydrogen) atoms. The van der Waals surface area contributed by atoms with Gasteiger partial charge < -0.3 is 14.5 Å². The fourth-order valence-corrected chi connectivity index (χ4v) is 2.48. The fraction of sp³-hybridized carbons (Fsp3) is 0.222. The van der Waals surface area contributed by atoms with Crippen molar-refractivity contribution in [1.82, 2.24) is 4.98 Å². The highest BCUT2D eigenvalue weighted by molar-refractivity contribution is 5.95. The standard InChI is InChI=1S/C18H18N2O3/c1-11-4-6-15-13(10-23-18(15)12(11)2)8-16(21)20-14-5-7-17(22-3)19-9-14/h4-7,9-10H,8H2,1-3H3,(H,20,21). The van der Waals surface area contributed by atoms with Gasteiger partial charge >= 0.3 is 0 Å². The van der Waals surface area contributed by atoms with Crippen molar-refractivity contribution in [3.8, 4) is 5.88 Å². The number of pyridine rings is 1. The Kier molecular flexibility index (Phi) is 4.02. The number of nitrogens with one attached hydrogen (secondary N) is 1. The lowest BCUT2D eigenvalue weighted by Gasteiger charge is -2.05. The molecule has 0 saturated heterocycles. The molecular formula is C18H18N2O3. The minimum absolute atomic E-state index is 0.113. The number of fused-ring (bicyclic) bond motifs is 1. The second-order valence-corrected chi connectivity index (χ2v) is 5.46. The number of aromatic nitrogens is 1. The lowest BCUT2D eigenvalue weighted by molar-refractivity contribution is -0.115. The van der Waals surface area contributed by atoms with E-state index in [9.17, 15) is 4.79 Å². The smallest absolute Gasteiger partial charge is 0.228 e. The lowest BCUT2D eigenvalue weighted by Crippen LogP contribution is -2.14. The van der Waals surface area contributed by atoms with Gasteiger partial charge in [-0.2, -0.15) is 0 Å². The normalized spacial score (nSPS) is 10.7. The molecule has 0 aliphatic carbocycles. The quantitative estimate of drug-likeness (QED) is 0.799. The van der Waals surface area contributed by atoms with Gasteiger partial charge in [-0.25, -0.2) is 4.98 Å². The van der Waals surface area contributed by atoms with Crippen LogP contribution in [0, 0.1) is 13.8 Å². The number of benzene rings is 1. The monoisotopic (exact) mass is 310 g/mol. The zero-order valence-electron chi connectivity index (χ0n) is 13.3. The Bertz CT molecular complexity index is 851. The van der Waals surface area contributed by atoms with Crippen molar-refractivity contribution in [2.24, 2.45) is 0 Å². The predicted molar refractivity (Wildman–Crippen MR) is 88.8 cm³/mol. The summed E-state index contributed by atoms with van der Waals surface area (Å²) in [7, 11) is 1.55. The molecule has 0 fully saturated rings. The minimum atomic E-state index is -0.113. The van der Waals surface area contributed by atoms with Gasteiger partial charge in [0.25, 0.3) is 0 Å². The molecule has 0 spiro atoms. The van der Waals surface area contributed by atoms with E-state index in [0.717, 1.165) is 22.1 Å². The first-order chi connectivity index (χ1) is 11.1. The summed E-state index contributed by atoms with van der Waals surface area (Å²) in [6, 6.07) is 7.50. The zero-order chi connectivity index (χ0) is 16.4. The number of hydrogen-bond donors (Lipinski definition) is 1. The molecule has 1 N–H and O–H groups in total. The van der Waals surface area contributed by atoms with Gasteiger partial charge in [0.05, 0.1) is 31.7 Å². The molecule has 3 aromatic rings. The van der Waals surface area contributed by atoms with E-state index in [0.29, 0.717) is 11.6 Å². The van der Waals surface area contributed by atoms with E-state index in [1.165, 1.54) is 5.56 Å². The van der Waals surface area contributed by atoms with Crippen LogP contribution in [0.5, 0.6) is 5.88 Å². The topological polar surface area (TPSA) is 64.4 Å². The van der Waals surface area contributed by atoms with Gasteiger partial charge in [-0.05, 0) is 31.0 Å². The number of rotatable bonds is 4. The van der Waals surface area contributed by atoms with Gasteiger partial charge in [0, 0.05) is 17.0 Å². The maximum Gasteiger partial charge on any atom is 0.228 e. The highest BCUT2D eigenvalue weighted by Gasteiger charge is 2.13. The predicted octanol–water partition coefficient (Wildman–Crippen LogP) is 3.63. The van der Waals surface area contributed by atoms with Gasteiger partial charge in [-0.15, -0.1) is 0 Å². The third-order valence-electron chi connectivity index (χ3n) is 3.92. The van der Waals surface area contributed by atoms with Gasteiger partial charge in [-0.3, -0.25) is 4.79 Å². The number of nitrogens with zero attached hydrogens (tertiary/aromatic N) is 1. The maximum atomic E-state index is 12.2. The van der Waals surface area contributed by atoms with Crippen molar-refractivity contribution >= 4 is 22.6 Å². The Balaban J connectivity index is 1.76. The summed E-state index contributed by atoms with van der Waals surface area (Å²) in [6.07, 6.45) is 3.47. The number of hydrogen-bond acceptors (Lipinski definition) is 4. The first-order valence-electron chi connectivity index (χ1n) is 7.34. The summed E-state index contributed by atoms with van der Waals surface area (Å²) in [4.78, 5) is 16.3. The van der Waals surface area contributed by atoms with Crippen LogP contribution in [0.1, 0.15) is 16.7 Å². The maximum absolute atomic E-state index is 12.2. The van der Waals surface area contributed by atoms with Crippen LogP contribution in [-0.2, 0) is 11.2 Å². The summed E-state index contributed by atoms with van der Waals surface area (Å²) in [5, 5.41) is 3.81. The third kappa shape index (κ3) is 3.04. The van der Waals surface area contributed by atoms with Crippen molar-refractivity contribution < 1.29 is 13.9 Å². The largest absolute Gasteiger partial charge is 0.481 e. The molecule has 0 aliphatic rings. The molecule has 1 aromatic carbocycles. The second kappa shape index (κ2) is 6.12. The number of amides is 1. The summed E-state index contributed by atoms with van der Waals surface area (Å²) in [6.45, 7) is 4.06. The van der Waals surface area contributed by atoms with Crippen molar-refractivity contribution in [2.75, 3.05) is 12.4 Å². The van der Waals surface area contributed by atoms with Crippen molar-refractivity contribution in [1.29, 1.82) is 0 Å². The number of methoxy groups -OCH3 is 1. The molecular weight excluding hydrogens is 292 g/mol. The highest BCUT2D eigenvalue weighted by Crippen LogP contribution is 2.27. The number of furan rings is 1. The molecule has 0 bridgehead atoms. The van der Waals surface area contributed by atoms with E-state index in [4.69, 9.17) is 9.15 Å². The van der Waals surface area contributed by atoms with Crippen LogP contribution in [0.15, 0.2) is 41.1 Å². The van der Waals surface area contributed by atoms with Crippen LogP contribution in [0.25, 0.3) is 11.0 Å².